The minimum absolute atomic E-state index is 0.0285. The van der Waals surface area contributed by atoms with Crippen LogP contribution >= 0.6 is 7.82 Å². The normalized spacial score (nSPS) is 13.6. The van der Waals surface area contributed by atoms with Crippen LogP contribution in [0.4, 0.5) is 0 Å². The molecule has 326 valence electrons. The maximum Gasteiger partial charge on any atom is 0.306 e. The molecule has 0 bridgehead atoms. The van der Waals surface area contributed by atoms with E-state index in [0.29, 0.717) is 17.4 Å². The summed E-state index contributed by atoms with van der Waals surface area (Å²) in [7, 11) is 1.17. The highest BCUT2D eigenvalue weighted by Gasteiger charge is 2.21. The van der Waals surface area contributed by atoms with E-state index in [2.05, 4.69) is 26.0 Å². The Morgan fingerprint density at radius 1 is 0.545 bits per heavy atom. The molecule has 0 N–H and O–H groups in total. The highest BCUT2D eigenvalue weighted by Crippen LogP contribution is 2.38. The Labute approximate surface area is 339 Å². The fourth-order valence-electron chi connectivity index (χ4n) is 6.41. The predicted octanol–water partition coefficient (Wildman–Crippen LogP) is 12.3. The standard InChI is InChI=1S/C45H88NO8P/c1-6-8-10-12-14-16-18-20-22-23-24-26-28-30-32-34-36-38-45(48)54-43(42-53-55(49,50)52-40-39-46(3,4)5)41-51-44(47)37-35-33-31-29-27-25-21-19-17-15-13-11-9-7-2/h20,22,43H,6-19,21,23-42H2,1-5H3/b22-20-. The van der Waals surface area contributed by atoms with E-state index >= 15 is 0 Å². The Morgan fingerprint density at radius 2 is 0.927 bits per heavy atom. The molecule has 0 heterocycles. The van der Waals surface area contributed by atoms with Gasteiger partial charge in [0.05, 0.1) is 27.7 Å². The van der Waals surface area contributed by atoms with E-state index in [-0.39, 0.29) is 32.0 Å². The van der Waals surface area contributed by atoms with Gasteiger partial charge in [0.1, 0.15) is 19.8 Å². The summed E-state index contributed by atoms with van der Waals surface area (Å²) in [5, 5.41) is 0. The van der Waals surface area contributed by atoms with Crippen LogP contribution in [0.5, 0.6) is 0 Å². The van der Waals surface area contributed by atoms with Gasteiger partial charge in [0.2, 0.25) is 0 Å². The molecule has 0 saturated carbocycles. The van der Waals surface area contributed by atoms with Gasteiger partial charge in [-0.05, 0) is 38.5 Å². The van der Waals surface area contributed by atoms with Crippen LogP contribution in [0.3, 0.4) is 0 Å². The first kappa shape index (κ1) is 53.8. The zero-order valence-electron chi connectivity index (χ0n) is 36.6. The second-order valence-electron chi connectivity index (χ2n) is 16.8. The first-order valence-electron chi connectivity index (χ1n) is 22.9. The summed E-state index contributed by atoms with van der Waals surface area (Å²) in [5.41, 5.74) is 0. The fraction of sp³-hybridized carbons (Fsp3) is 0.911. The van der Waals surface area contributed by atoms with E-state index < -0.39 is 26.5 Å². The molecule has 0 aromatic heterocycles. The average molecular weight is 802 g/mol. The molecule has 0 aliphatic heterocycles. The van der Waals surface area contributed by atoms with E-state index in [1.807, 2.05) is 21.1 Å². The number of phosphoric ester groups is 1. The third kappa shape index (κ3) is 42.2. The lowest BCUT2D eigenvalue weighted by atomic mass is 10.0. The number of likely N-dealkylation sites (N-methyl/N-ethyl adjacent to an activating group) is 1. The van der Waals surface area contributed by atoms with Crippen molar-refractivity contribution in [2.45, 2.75) is 219 Å². The Kier molecular flexibility index (Phi) is 37.4. The summed E-state index contributed by atoms with van der Waals surface area (Å²) < 4.78 is 33.9. The maximum absolute atomic E-state index is 12.7. The van der Waals surface area contributed by atoms with E-state index in [9.17, 15) is 19.0 Å². The van der Waals surface area contributed by atoms with Crippen molar-refractivity contribution >= 4 is 19.8 Å². The smallest absolute Gasteiger partial charge is 0.306 e. The van der Waals surface area contributed by atoms with Gasteiger partial charge in [0.15, 0.2) is 6.10 Å². The van der Waals surface area contributed by atoms with Crippen LogP contribution in [-0.4, -0.2) is 70.0 Å². The number of carbonyl (C=O) groups is 2. The molecule has 0 aromatic rings. The molecule has 55 heavy (non-hydrogen) atoms. The van der Waals surface area contributed by atoms with Crippen molar-refractivity contribution in [1.29, 1.82) is 0 Å². The van der Waals surface area contributed by atoms with Crippen LogP contribution in [0.25, 0.3) is 0 Å². The van der Waals surface area contributed by atoms with Gasteiger partial charge >= 0.3 is 11.9 Å². The number of quaternary nitrogens is 1. The van der Waals surface area contributed by atoms with Gasteiger partial charge in [-0.25, -0.2) is 0 Å². The summed E-state index contributed by atoms with van der Waals surface area (Å²) in [6.45, 7) is 4.24. The van der Waals surface area contributed by atoms with Gasteiger partial charge in [-0.3, -0.25) is 14.2 Å². The minimum atomic E-state index is -4.62. The number of hydrogen-bond donors (Lipinski definition) is 0. The second-order valence-corrected chi connectivity index (χ2v) is 18.2. The molecule has 0 spiro atoms. The molecule has 0 aliphatic carbocycles. The average Bonchev–Trinajstić information content (AvgIpc) is 3.13. The number of phosphoric acid groups is 1. The van der Waals surface area contributed by atoms with Gasteiger partial charge in [-0.2, -0.15) is 0 Å². The molecule has 0 radical (unpaired) electrons. The van der Waals surface area contributed by atoms with Crippen molar-refractivity contribution in [3.8, 4) is 0 Å². The Morgan fingerprint density at radius 3 is 1.35 bits per heavy atom. The van der Waals surface area contributed by atoms with Crippen LogP contribution in [0.2, 0.25) is 0 Å². The number of allylic oxidation sites excluding steroid dienone is 2. The Hall–Kier alpha value is -1.25. The number of esters is 2. The van der Waals surface area contributed by atoms with Crippen molar-refractivity contribution in [2.75, 3.05) is 47.5 Å². The minimum Gasteiger partial charge on any atom is -0.756 e. The summed E-state index contributed by atoms with van der Waals surface area (Å²) in [6, 6.07) is 0. The van der Waals surface area contributed by atoms with Gasteiger partial charge in [-0.15, -0.1) is 0 Å². The zero-order chi connectivity index (χ0) is 40.7. The monoisotopic (exact) mass is 802 g/mol. The molecule has 2 unspecified atom stereocenters. The molecule has 0 fully saturated rings. The number of hydrogen-bond acceptors (Lipinski definition) is 8. The molecule has 9 nitrogen and oxygen atoms in total. The molecule has 0 saturated heterocycles. The SMILES string of the molecule is CCCCCCCC/C=C\CCCCCCCCCC(=O)OC(COC(=O)CCCCCCCCCCCCCCCC)COP(=O)([O-])OCC[N+](C)(C)C. The summed E-state index contributed by atoms with van der Waals surface area (Å²) >= 11 is 0. The van der Waals surface area contributed by atoms with Crippen LogP contribution in [-0.2, 0) is 32.7 Å². The lowest BCUT2D eigenvalue weighted by molar-refractivity contribution is -0.870. The fourth-order valence-corrected chi connectivity index (χ4v) is 7.14. The van der Waals surface area contributed by atoms with E-state index in [0.717, 1.165) is 44.9 Å². The van der Waals surface area contributed by atoms with Crippen LogP contribution in [0.15, 0.2) is 12.2 Å². The Balaban J connectivity index is 4.31. The molecule has 0 amide bonds. The van der Waals surface area contributed by atoms with Crippen LogP contribution in [0.1, 0.15) is 213 Å². The number of ether oxygens (including phenoxy) is 2. The Bertz CT molecular complexity index is 954. The molecule has 0 aliphatic rings. The summed E-state index contributed by atoms with van der Waals surface area (Å²) in [5.74, 6) is -0.829. The quantitative estimate of drug-likeness (QED) is 0.0197. The number of rotatable bonds is 42. The lowest BCUT2D eigenvalue weighted by Gasteiger charge is -2.28. The largest absolute Gasteiger partial charge is 0.756 e. The van der Waals surface area contributed by atoms with Crippen molar-refractivity contribution < 1.29 is 42.1 Å². The van der Waals surface area contributed by atoms with Gasteiger partial charge < -0.3 is 27.9 Å². The molecular weight excluding hydrogens is 713 g/mol. The summed E-state index contributed by atoms with van der Waals surface area (Å²) in [6.07, 6.45) is 39.4. The van der Waals surface area contributed by atoms with Crippen LogP contribution < -0.4 is 4.89 Å². The van der Waals surface area contributed by atoms with E-state index in [1.54, 1.807) is 0 Å². The van der Waals surface area contributed by atoms with Gasteiger partial charge in [-0.1, -0.05) is 174 Å². The molecule has 0 rings (SSSR count). The third-order valence-corrected chi connectivity index (χ3v) is 11.0. The van der Waals surface area contributed by atoms with E-state index in [1.165, 1.54) is 135 Å². The predicted molar refractivity (Wildman–Crippen MR) is 227 cm³/mol. The lowest BCUT2D eigenvalue weighted by Crippen LogP contribution is -2.37. The van der Waals surface area contributed by atoms with Crippen LogP contribution in [0, 0.1) is 0 Å². The first-order valence-corrected chi connectivity index (χ1v) is 24.4. The first-order chi connectivity index (χ1) is 26.5. The highest BCUT2D eigenvalue weighted by molar-refractivity contribution is 7.45. The highest BCUT2D eigenvalue weighted by atomic mass is 31.2. The van der Waals surface area contributed by atoms with Crippen molar-refractivity contribution in [1.82, 2.24) is 0 Å². The summed E-state index contributed by atoms with van der Waals surface area (Å²) in [4.78, 5) is 37.5. The molecule has 10 heteroatoms. The maximum atomic E-state index is 12.7. The molecule has 0 aromatic carbocycles. The van der Waals surface area contributed by atoms with Crippen molar-refractivity contribution in [2.24, 2.45) is 0 Å². The van der Waals surface area contributed by atoms with Gasteiger partial charge in [0.25, 0.3) is 7.82 Å². The third-order valence-electron chi connectivity index (χ3n) is 10.0. The van der Waals surface area contributed by atoms with Crippen molar-refractivity contribution in [3.63, 3.8) is 0 Å². The van der Waals surface area contributed by atoms with Gasteiger partial charge in [0, 0.05) is 12.8 Å². The second kappa shape index (κ2) is 38.3. The number of carbonyl (C=O) groups excluding carboxylic acids is 2. The molecule has 2 atom stereocenters. The topological polar surface area (TPSA) is 111 Å². The molecular formula is C45H88NO8P. The van der Waals surface area contributed by atoms with Crippen molar-refractivity contribution in [3.05, 3.63) is 12.2 Å². The number of nitrogens with zero attached hydrogens (tertiary/aromatic N) is 1. The number of unbranched alkanes of at least 4 members (excludes halogenated alkanes) is 26. The zero-order valence-corrected chi connectivity index (χ0v) is 37.5. The van der Waals surface area contributed by atoms with E-state index in [4.69, 9.17) is 18.5 Å².